The maximum atomic E-state index is 10.9. The van der Waals surface area contributed by atoms with Crippen molar-refractivity contribution in [1.29, 1.82) is 0 Å². The van der Waals surface area contributed by atoms with E-state index >= 15 is 0 Å². The highest BCUT2D eigenvalue weighted by Gasteiger charge is 1.97. The van der Waals surface area contributed by atoms with E-state index in [9.17, 15) is 4.79 Å². The Morgan fingerprint density at radius 1 is 1.64 bits per heavy atom. The van der Waals surface area contributed by atoms with Crippen LogP contribution in [0.25, 0.3) is 0 Å². The van der Waals surface area contributed by atoms with Crippen LogP contribution < -0.4 is 5.32 Å². The molecule has 0 aliphatic heterocycles. The van der Waals surface area contributed by atoms with Gasteiger partial charge in [0.05, 0.1) is 0 Å². The van der Waals surface area contributed by atoms with E-state index in [1.54, 1.807) is 14.0 Å². The zero-order valence-electron chi connectivity index (χ0n) is 7.05. The molecule has 0 rings (SSSR count). The van der Waals surface area contributed by atoms with Crippen LogP contribution in [0.3, 0.4) is 0 Å². The van der Waals surface area contributed by atoms with Gasteiger partial charge < -0.3 is 10.4 Å². The third-order valence-electron chi connectivity index (χ3n) is 1.40. The molecule has 0 atom stereocenters. The highest BCUT2D eigenvalue weighted by molar-refractivity contribution is 5.92. The minimum atomic E-state index is -0.0528. The van der Waals surface area contributed by atoms with Crippen molar-refractivity contribution in [2.45, 2.75) is 19.8 Å². The number of amides is 1. The summed E-state index contributed by atoms with van der Waals surface area (Å²) in [5.41, 5.74) is 0.709. The Labute approximate surface area is 67.1 Å². The Bertz CT molecular complexity index is 152. The minimum Gasteiger partial charge on any atom is -0.396 e. The van der Waals surface area contributed by atoms with Crippen LogP contribution in [-0.4, -0.2) is 24.7 Å². The van der Waals surface area contributed by atoms with Crippen LogP contribution in [0.4, 0.5) is 0 Å². The molecule has 3 nitrogen and oxygen atoms in total. The Balaban J connectivity index is 3.71. The van der Waals surface area contributed by atoms with Crippen molar-refractivity contribution >= 4 is 5.91 Å². The number of allylic oxidation sites excluding steroid dienone is 1. The fraction of sp³-hybridized carbons (Fsp3) is 0.625. The molecule has 3 heteroatoms. The number of hydrogen-bond donors (Lipinski definition) is 2. The van der Waals surface area contributed by atoms with Crippen molar-refractivity contribution < 1.29 is 9.90 Å². The van der Waals surface area contributed by atoms with Gasteiger partial charge in [0.25, 0.3) is 0 Å². The normalized spacial score (nSPS) is 11.4. The van der Waals surface area contributed by atoms with Crippen LogP contribution >= 0.6 is 0 Å². The Hall–Kier alpha value is -0.830. The zero-order chi connectivity index (χ0) is 8.69. The molecule has 1 amide bonds. The van der Waals surface area contributed by atoms with E-state index in [0.29, 0.717) is 12.0 Å². The molecular weight excluding hydrogens is 142 g/mol. The van der Waals surface area contributed by atoms with Gasteiger partial charge in [-0.15, -0.1) is 0 Å². The summed E-state index contributed by atoms with van der Waals surface area (Å²) < 4.78 is 0. The summed E-state index contributed by atoms with van der Waals surface area (Å²) in [4.78, 5) is 10.9. The number of aliphatic hydroxyl groups excluding tert-OH is 1. The molecule has 0 fully saturated rings. The summed E-state index contributed by atoms with van der Waals surface area (Å²) >= 11 is 0. The molecular formula is C8H15NO2. The van der Waals surface area contributed by atoms with Crippen LogP contribution in [0.5, 0.6) is 0 Å². The molecule has 0 bridgehead atoms. The second kappa shape index (κ2) is 5.92. The second-order valence-corrected chi connectivity index (χ2v) is 2.33. The topological polar surface area (TPSA) is 49.3 Å². The van der Waals surface area contributed by atoms with Gasteiger partial charge in [0, 0.05) is 19.2 Å². The molecule has 11 heavy (non-hydrogen) atoms. The molecule has 0 radical (unpaired) electrons. The maximum Gasteiger partial charge on any atom is 0.246 e. The average molecular weight is 157 g/mol. The van der Waals surface area contributed by atoms with Crippen molar-refractivity contribution in [3.8, 4) is 0 Å². The SMILES string of the molecule is CNC(=O)C(C)=CCCCO. The van der Waals surface area contributed by atoms with Crippen LogP contribution in [-0.2, 0) is 4.79 Å². The molecule has 0 aromatic carbocycles. The van der Waals surface area contributed by atoms with Gasteiger partial charge in [-0.3, -0.25) is 4.79 Å². The summed E-state index contributed by atoms with van der Waals surface area (Å²) in [7, 11) is 1.60. The smallest absolute Gasteiger partial charge is 0.246 e. The standard InChI is InChI=1S/C8H15NO2/c1-7(8(11)9-2)5-3-4-6-10/h5,10H,3-4,6H2,1-2H3,(H,9,11). The van der Waals surface area contributed by atoms with Crippen molar-refractivity contribution in [2.24, 2.45) is 0 Å². The van der Waals surface area contributed by atoms with E-state index in [0.717, 1.165) is 6.42 Å². The van der Waals surface area contributed by atoms with E-state index in [1.807, 2.05) is 6.08 Å². The summed E-state index contributed by atoms with van der Waals surface area (Å²) in [6.45, 7) is 1.94. The third kappa shape index (κ3) is 4.56. The largest absolute Gasteiger partial charge is 0.396 e. The van der Waals surface area contributed by atoms with Crippen molar-refractivity contribution in [2.75, 3.05) is 13.7 Å². The summed E-state index contributed by atoms with van der Waals surface area (Å²) in [6.07, 6.45) is 3.30. The molecule has 2 N–H and O–H groups in total. The van der Waals surface area contributed by atoms with Gasteiger partial charge in [0.15, 0.2) is 0 Å². The lowest BCUT2D eigenvalue weighted by Crippen LogP contribution is -2.18. The number of rotatable bonds is 4. The zero-order valence-corrected chi connectivity index (χ0v) is 7.05. The summed E-state index contributed by atoms with van der Waals surface area (Å²) in [5, 5.41) is 11.0. The predicted octanol–water partition coefficient (Wildman–Crippen LogP) is 0.451. The van der Waals surface area contributed by atoms with Gasteiger partial charge in [0.2, 0.25) is 5.91 Å². The molecule has 0 aromatic heterocycles. The lowest BCUT2D eigenvalue weighted by atomic mass is 10.2. The molecule has 0 aliphatic rings. The predicted molar refractivity (Wildman–Crippen MR) is 44.1 cm³/mol. The Kier molecular flexibility index (Phi) is 5.47. The molecule has 0 saturated carbocycles. The Morgan fingerprint density at radius 3 is 2.73 bits per heavy atom. The fourth-order valence-corrected chi connectivity index (χ4v) is 0.700. The first-order valence-electron chi connectivity index (χ1n) is 3.72. The van der Waals surface area contributed by atoms with E-state index in [1.165, 1.54) is 0 Å². The molecule has 64 valence electrons. The van der Waals surface area contributed by atoms with Gasteiger partial charge in [-0.05, 0) is 19.8 Å². The minimum absolute atomic E-state index is 0.0528. The van der Waals surface area contributed by atoms with Gasteiger partial charge in [-0.2, -0.15) is 0 Å². The number of carbonyl (C=O) groups is 1. The number of hydrogen-bond acceptors (Lipinski definition) is 2. The van der Waals surface area contributed by atoms with E-state index < -0.39 is 0 Å². The van der Waals surface area contributed by atoms with Gasteiger partial charge in [-0.1, -0.05) is 6.08 Å². The quantitative estimate of drug-likeness (QED) is 0.460. The second-order valence-electron chi connectivity index (χ2n) is 2.33. The monoisotopic (exact) mass is 157 g/mol. The van der Waals surface area contributed by atoms with E-state index in [4.69, 9.17) is 5.11 Å². The van der Waals surface area contributed by atoms with Crippen LogP contribution in [0.2, 0.25) is 0 Å². The van der Waals surface area contributed by atoms with Crippen molar-refractivity contribution in [3.05, 3.63) is 11.6 Å². The van der Waals surface area contributed by atoms with E-state index in [2.05, 4.69) is 5.32 Å². The summed E-state index contributed by atoms with van der Waals surface area (Å²) in [6, 6.07) is 0. The number of nitrogens with one attached hydrogen (secondary N) is 1. The highest BCUT2D eigenvalue weighted by atomic mass is 16.2. The molecule has 0 spiro atoms. The van der Waals surface area contributed by atoms with Gasteiger partial charge >= 0.3 is 0 Å². The fourth-order valence-electron chi connectivity index (χ4n) is 0.700. The average Bonchev–Trinajstić information content (AvgIpc) is 2.03. The van der Waals surface area contributed by atoms with Crippen LogP contribution in [0.15, 0.2) is 11.6 Å². The molecule has 0 aliphatic carbocycles. The first kappa shape index (κ1) is 10.2. The van der Waals surface area contributed by atoms with E-state index in [-0.39, 0.29) is 12.5 Å². The van der Waals surface area contributed by atoms with Gasteiger partial charge in [-0.25, -0.2) is 0 Å². The first-order chi connectivity index (χ1) is 5.22. The highest BCUT2D eigenvalue weighted by Crippen LogP contribution is 1.97. The molecule has 0 saturated heterocycles. The first-order valence-corrected chi connectivity index (χ1v) is 3.72. The molecule has 0 aromatic rings. The number of aliphatic hydroxyl groups is 1. The lowest BCUT2D eigenvalue weighted by molar-refractivity contribution is -0.117. The van der Waals surface area contributed by atoms with Crippen molar-refractivity contribution in [1.82, 2.24) is 5.32 Å². The Morgan fingerprint density at radius 2 is 2.27 bits per heavy atom. The van der Waals surface area contributed by atoms with Gasteiger partial charge in [0.1, 0.15) is 0 Å². The van der Waals surface area contributed by atoms with Crippen LogP contribution in [0.1, 0.15) is 19.8 Å². The third-order valence-corrected chi connectivity index (χ3v) is 1.40. The molecule has 0 unspecified atom stereocenters. The van der Waals surface area contributed by atoms with Crippen molar-refractivity contribution in [3.63, 3.8) is 0 Å². The number of carbonyl (C=O) groups excluding carboxylic acids is 1. The number of likely N-dealkylation sites (N-methyl/N-ethyl adjacent to an activating group) is 1. The maximum absolute atomic E-state index is 10.9. The lowest BCUT2D eigenvalue weighted by Gasteiger charge is -1.97. The summed E-state index contributed by atoms with van der Waals surface area (Å²) in [5.74, 6) is -0.0528. The molecule has 0 heterocycles. The number of unbranched alkanes of at least 4 members (excludes halogenated alkanes) is 1. The van der Waals surface area contributed by atoms with Crippen LogP contribution in [0, 0.1) is 0 Å².